The molecule has 0 aliphatic carbocycles. The van der Waals surface area contributed by atoms with E-state index in [4.69, 9.17) is 9.47 Å². The van der Waals surface area contributed by atoms with Gasteiger partial charge in [0.2, 0.25) is 0 Å². The van der Waals surface area contributed by atoms with Gasteiger partial charge in [-0.15, -0.1) is 0 Å². The molecule has 0 bridgehead atoms. The second-order valence-corrected chi connectivity index (χ2v) is 11.2. The number of hydrogen-bond acceptors (Lipinski definition) is 8. The first-order chi connectivity index (χ1) is 24.2. The Labute approximate surface area is 288 Å². The van der Waals surface area contributed by atoms with E-state index in [2.05, 4.69) is 27.6 Å². The summed E-state index contributed by atoms with van der Waals surface area (Å²) in [6.07, 6.45) is 0.901. The van der Waals surface area contributed by atoms with Gasteiger partial charge in [0.25, 0.3) is 11.8 Å². The molecule has 0 fully saturated rings. The lowest BCUT2D eigenvalue weighted by atomic mass is 10.1. The Kier molecular flexibility index (Phi) is 11.6. The summed E-state index contributed by atoms with van der Waals surface area (Å²) in [5, 5.41) is 19.2. The third-order valence-electron chi connectivity index (χ3n) is 7.51. The van der Waals surface area contributed by atoms with Crippen LogP contribution in [0.4, 0.5) is 21.5 Å². The number of esters is 1. The molecule has 11 heteroatoms. The quantitative estimate of drug-likeness (QED) is 0.0691. The predicted octanol–water partition coefficient (Wildman–Crippen LogP) is 7.80. The van der Waals surface area contributed by atoms with Crippen LogP contribution in [0.1, 0.15) is 55.5 Å². The van der Waals surface area contributed by atoms with Gasteiger partial charge >= 0.3 is 5.97 Å². The fraction of sp³-hybridized carbons (Fsp3) is 0.154. The van der Waals surface area contributed by atoms with Crippen molar-refractivity contribution in [2.45, 2.75) is 26.6 Å². The fourth-order valence-electron chi connectivity index (χ4n) is 4.82. The summed E-state index contributed by atoms with van der Waals surface area (Å²) in [7, 11) is 1.22. The van der Waals surface area contributed by atoms with Crippen LogP contribution in [0.25, 0.3) is 0 Å². The lowest BCUT2D eigenvalue weighted by Gasteiger charge is -2.17. The van der Waals surface area contributed by atoms with Crippen molar-refractivity contribution in [2.75, 3.05) is 29.6 Å². The van der Waals surface area contributed by atoms with Crippen molar-refractivity contribution < 1.29 is 38.1 Å². The van der Waals surface area contributed by atoms with Crippen LogP contribution >= 0.6 is 0 Å². The molecule has 0 heterocycles. The van der Waals surface area contributed by atoms with E-state index in [-0.39, 0.29) is 40.6 Å². The van der Waals surface area contributed by atoms with E-state index < -0.39 is 23.6 Å². The van der Waals surface area contributed by atoms with Gasteiger partial charge in [0.15, 0.2) is 0 Å². The number of halogens is 1. The maximum absolute atomic E-state index is 13.6. The molecule has 0 aliphatic heterocycles. The van der Waals surface area contributed by atoms with E-state index in [1.54, 1.807) is 30.3 Å². The van der Waals surface area contributed by atoms with Crippen LogP contribution in [0.15, 0.2) is 109 Å². The average Bonchev–Trinajstić information content (AvgIpc) is 3.14. The zero-order valence-electron chi connectivity index (χ0n) is 27.5. The molecule has 0 atom stereocenters. The number of amides is 2. The Bertz CT molecular complexity index is 1970. The third-order valence-corrected chi connectivity index (χ3v) is 7.51. The summed E-state index contributed by atoms with van der Waals surface area (Å²) in [6.45, 7) is 3.10. The van der Waals surface area contributed by atoms with Gasteiger partial charge in [-0.25, -0.2) is 9.18 Å². The SMILES string of the molecule is CCCNc1ccc(C(=O)Nc2ccc(C(=O)Nc3ccc(C(=O)OC)cc3O)cc2OCc2ccc(F)cc2)cc1OCc1ccccc1. The van der Waals surface area contributed by atoms with Crippen LogP contribution < -0.4 is 25.4 Å². The molecule has 0 saturated carbocycles. The molecule has 5 aromatic rings. The summed E-state index contributed by atoms with van der Waals surface area (Å²) >= 11 is 0. The first kappa shape index (κ1) is 35.0. The summed E-state index contributed by atoms with van der Waals surface area (Å²) in [5.74, 6) is -1.73. The number of carbonyl (C=O) groups is 3. The van der Waals surface area contributed by atoms with Crippen LogP contribution in [-0.4, -0.2) is 36.5 Å². The third kappa shape index (κ3) is 9.16. The monoisotopic (exact) mass is 677 g/mol. The van der Waals surface area contributed by atoms with Crippen LogP contribution in [0.5, 0.6) is 17.2 Å². The zero-order chi connectivity index (χ0) is 35.5. The van der Waals surface area contributed by atoms with Crippen LogP contribution in [0.3, 0.4) is 0 Å². The maximum Gasteiger partial charge on any atom is 0.337 e. The highest BCUT2D eigenvalue weighted by molar-refractivity contribution is 6.08. The summed E-state index contributed by atoms with van der Waals surface area (Å²) in [4.78, 5) is 38.6. The predicted molar refractivity (Wildman–Crippen MR) is 189 cm³/mol. The van der Waals surface area contributed by atoms with Gasteiger partial charge in [0, 0.05) is 17.7 Å². The van der Waals surface area contributed by atoms with Crippen molar-refractivity contribution in [1.29, 1.82) is 0 Å². The maximum atomic E-state index is 13.6. The van der Waals surface area contributed by atoms with Crippen molar-refractivity contribution >= 4 is 34.8 Å². The van der Waals surface area contributed by atoms with E-state index in [9.17, 15) is 23.9 Å². The molecule has 0 saturated heterocycles. The number of benzene rings is 5. The molecule has 5 rings (SSSR count). The van der Waals surface area contributed by atoms with Gasteiger partial charge in [0.1, 0.15) is 36.3 Å². The van der Waals surface area contributed by atoms with Gasteiger partial charge in [-0.2, -0.15) is 0 Å². The zero-order valence-corrected chi connectivity index (χ0v) is 27.5. The first-order valence-electron chi connectivity index (χ1n) is 15.8. The summed E-state index contributed by atoms with van der Waals surface area (Å²) in [6, 6.07) is 29.0. The molecule has 0 unspecified atom stereocenters. The fourth-order valence-corrected chi connectivity index (χ4v) is 4.82. The molecule has 0 aliphatic rings. The Balaban J connectivity index is 1.39. The highest BCUT2D eigenvalue weighted by Crippen LogP contribution is 2.31. The highest BCUT2D eigenvalue weighted by Gasteiger charge is 2.18. The van der Waals surface area contributed by atoms with Gasteiger partial charge in [-0.05, 0) is 84.3 Å². The number of rotatable bonds is 14. The summed E-state index contributed by atoms with van der Waals surface area (Å²) in [5.41, 5.74) is 3.32. The standard InChI is InChI=1S/C39H36FN3O7/c1-3-19-41-32-17-11-27(21-35(32)49-23-25-7-5-4-6-8-25)38(46)43-33-18-12-28(22-36(33)50-24-26-9-14-30(40)15-10-26)37(45)42-31-16-13-29(20-34(31)44)39(47)48-2/h4-18,20-22,41,44H,3,19,23-24H2,1-2H3,(H,42,45)(H,43,46). The Morgan fingerprint density at radius 1 is 0.660 bits per heavy atom. The van der Waals surface area contributed by atoms with E-state index in [0.717, 1.165) is 24.2 Å². The van der Waals surface area contributed by atoms with Crippen molar-refractivity contribution in [3.8, 4) is 17.2 Å². The number of nitrogens with one attached hydrogen (secondary N) is 3. The number of phenolic OH excluding ortho intramolecular Hbond substituents is 1. The smallest absolute Gasteiger partial charge is 0.337 e. The van der Waals surface area contributed by atoms with Gasteiger partial charge < -0.3 is 35.3 Å². The molecule has 0 spiro atoms. The van der Waals surface area contributed by atoms with E-state index in [0.29, 0.717) is 23.5 Å². The van der Waals surface area contributed by atoms with Crippen molar-refractivity contribution in [1.82, 2.24) is 0 Å². The molecular weight excluding hydrogens is 641 g/mol. The van der Waals surface area contributed by atoms with Gasteiger partial charge in [-0.3, -0.25) is 9.59 Å². The largest absolute Gasteiger partial charge is 0.506 e. The minimum absolute atomic E-state index is 0.0132. The second kappa shape index (κ2) is 16.6. The highest BCUT2D eigenvalue weighted by atomic mass is 19.1. The molecule has 10 nitrogen and oxygen atoms in total. The molecule has 5 aromatic carbocycles. The molecule has 256 valence electrons. The number of phenols is 1. The minimum Gasteiger partial charge on any atom is -0.506 e. The molecular formula is C39H36FN3O7. The lowest BCUT2D eigenvalue weighted by molar-refractivity contribution is 0.0600. The first-order valence-corrected chi connectivity index (χ1v) is 15.8. The number of aromatic hydroxyl groups is 1. The van der Waals surface area contributed by atoms with Gasteiger partial charge in [0.05, 0.1) is 29.7 Å². The van der Waals surface area contributed by atoms with Crippen molar-refractivity contribution in [3.05, 3.63) is 143 Å². The Morgan fingerprint density at radius 3 is 1.80 bits per heavy atom. The average molecular weight is 678 g/mol. The number of methoxy groups -OCH3 is 1. The normalized spacial score (nSPS) is 10.5. The second-order valence-electron chi connectivity index (χ2n) is 11.2. The molecule has 0 radical (unpaired) electrons. The number of carbonyl (C=O) groups excluding carboxylic acids is 3. The molecule has 2 amide bonds. The van der Waals surface area contributed by atoms with Crippen LogP contribution in [0, 0.1) is 5.82 Å². The van der Waals surface area contributed by atoms with Crippen molar-refractivity contribution in [2.24, 2.45) is 0 Å². The molecule has 50 heavy (non-hydrogen) atoms. The Morgan fingerprint density at radius 2 is 1.20 bits per heavy atom. The molecule has 0 aromatic heterocycles. The van der Waals surface area contributed by atoms with Crippen molar-refractivity contribution in [3.63, 3.8) is 0 Å². The van der Waals surface area contributed by atoms with E-state index in [1.807, 2.05) is 30.3 Å². The minimum atomic E-state index is -0.640. The lowest BCUT2D eigenvalue weighted by Crippen LogP contribution is -2.16. The molecule has 4 N–H and O–H groups in total. The summed E-state index contributed by atoms with van der Waals surface area (Å²) < 4.78 is 30.3. The number of anilines is 3. The van der Waals surface area contributed by atoms with Crippen LogP contribution in [0.2, 0.25) is 0 Å². The topological polar surface area (TPSA) is 135 Å². The van der Waals surface area contributed by atoms with Gasteiger partial charge in [-0.1, -0.05) is 49.4 Å². The number of ether oxygens (including phenoxy) is 3. The van der Waals surface area contributed by atoms with E-state index in [1.165, 1.54) is 55.6 Å². The van der Waals surface area contributed by atoms with E-state index >= 15 is 0 Å². The van der Waals surface area contributed by atoms with Crippen LogP contribution in [-0.2, 0) is 18.0 Å². The number of hydrogen-bond donors (Lipinski definition) is 4. The Hall–Kier alpha value is -6.36.